The lowest BCUT2D eigenvalue weighted by molar-refractivity contribution is -0.137. The Bertz CT molecular complexity index is 754. The molecule has 1 aromatic heterocycles. The third-order valence-electron chi connectivity index (χ3n) is 3.90. The molecule has 0 unspecified atom stereocenters. The summed E-state index contributed by atoms with van der Waals surface area (Å²) in [5, 5.41) is 2.19. The van der Waals surface area contributed by atoms with Gasteiger partial charge in [0.1, 0.15) is 5.01 Å². The predicted molar refractivity (Wildman–Crippen MR) is 99.9 cm³/mol. The lowest BCUT2D eigenvalue weighted by Crippen LogP contribution is -2.32. The highest BCUT2D eigenvalue weighted by Gasteiger charge is 2.30. The highest BCUT2D eigenvalue weighted by Crippen LogP contribution is 2.33. The van der Waals surface area contributed by atoms with E-state index in [0.29, 0.717) is 29.4 Å². The van der Waals surface area contributed by atoms with Crippen LogP contribution in [0.25, 0.3) is 10.6 Å². The molecule has 0 saturated carbocycles. The minimum absolute atomic E-state index is 0. The number of nitrogens with zero attached hydrogens (tertiary/aromatic N) is 2. The fourth-order valence-corrected chi connectivity index (χ4v) is 3.45. The van der Waals surface area contributed by atoms with Gasteiger partial charge in [0, 0.05) is 30.1 Å². The van der Waals surface area contributed by atoms with Gasteiger partial charge in [-0.15, -0.1) is 36.2 Å². The smallest absolute Gasteiger partial charge is 0.341 e. The Morgan fingerprint density at radius 1 is 1.35 bits per heavy atom. The van der Waals surface area contributed by atoms with Crippen molar-refractivity contribution >= 4 is 42.1 Å². The topological polar surface area (TPSA) is 59.2 Å². The van der Waals surface area contributed by atoms with E-state index in [4.69, 9.17) is 5.73 Å². The number of carbonyl (C=O) groups excluding carboxylic acids is 1. The number of carbonyl (C=O) groups is 1. The number of hydrogen-bond donors (Lipinski definition) is 1. The molecule has 1 aliphatic rings. The van der Waals surface area contributed by atoms with Gasteiger partial charge >= 0.3 is 6.18 Å². The van der Waals surface area contributed by atoms with Crippen LogP contribution in [-0.2, 0) is 17.4 Å². The summed E-state index contributed by atoms with van der Waals surface area (Å²) < 4.78 is 38.4. The van der Waals surface area contributed by atoms with Crippen molar-refractivity contribution < 1.29 is 18.0 Å². The van der Waals surface area contributed by atoms with Gasteiger partial charge in [-0.3, -0.25) is 4.79 Å². The number of benzene rings is 1. The van der Waals surface area contributed by atoms with Crippen LogP contribution in [-0.4, -0.2) is 34.9 Å². The summed E-state index contributed by atoms with van der Waals surface area (Å²) in [5.41, 5.74) is 6.04. The second-order valence-electron chi connectivity index (χ2n) is 5.79. The summed E-state index contributed by atoms with van der Waals surface area (Å²) in [6.45, 7) is 1.19. The van der Waals surface area contributed by atoms with Gasteiger partial charge in [-0.05, 0) is 18.6 Å². The molecule has 1 fully saturated rings. The Kier molecular flexibility index (Phi) is 7.88. The van der Waals surface area contributed by atoms with E-state index < -0.39 is 11.7 Å². The molecule has 144 valence electrons. The van der Waals surface area contributed by atoms with Crippen LogP contribution in [0.5, 0.6) is 0 Å². The minimum Gasteiger partial charge on any atom is -0.341 e. The van der Waals surface area contributed by atoms with E-state index in [2.05, 4.69) is 4.98 Å². The maximum atomic E-state index is 12.8. The van der Waals surface area contributed by atoms with Crippen molar-refractivity contribution in [2.24, 2.45) is 5.73 Å². The molecule has 1 aliphatic heterocycles. The molecule has 3 rings (SSSR count). The standard InChI is InChI=1S/C16H16F3N3OS.2ClH/c17-16(18,19)11-3-1-2-10(6-11)15-21-13(9-24-15)7-14(23)22-5-4-12(20)8-22;;/h1-3,6,9,12H,4-5,7-8,20H2;2*1H/t12-;;/m1../s1. The van der Waals surface area contributed by atoms with Crippen LogP contribution in [0.15, 0.2) is 29.6 Å². The Morgan fingerprint density at radius 2 is 2.08 bits per heavy atom. The first-order chi connectivity index (χ1) is 11.3. The van der Waals surface area contributed by atoms with Crippen LogP contribution in [0.4, 0.5) is 13.2 Å². The van der Waals surface area contributed by atoms with Gasteiger partial charge in [0.2, 0.25) is 5.91 Å². The maximum absolute atomic E-state index is 12.8. The normalized spacial score (nSPS) is 16.8. The van der Waals surface area contributed by atoms with E-state index in [9.17, 15) is 18.0 Å². The molecule has 0 bridgehead atoms. The van der Waals surface area contributed by atoms with Gasteiger partial charge in [-0.25, -0.2) is 4.98 Å². The lowest BCUT2D eigenvalue weighted by Gasteiger charge is -2.14. The van der Waals surface area contributed by atoms with Crippen LogP contribution in [0, 0.1) is 0 Å². The van der Waals surface area contributed by atoms with Gasteiger partial charge in [0.05, 0.1) is 17.7 Å². The van der Waals surface area contributed by atoms with E-state index in [0.717, 1.165) is 18.6 Å². The highest BCUT2D eigenvalue weighted by molar-refractivity contribution is 7.13. The lowest BCUT2D eigenvalue weighted by atomic mass is 10.1. The maximum Gasteiger partial charge on any atom is 0.416 e. The van der Waals surface area contributed by atoms with Crippen LogP contribution in [0.3, 0.4) is 0 Å². The van der Waals surface area contributed by atoms with E-state index >= 15 is 0 Å². The summed E-state index contributed by atoms with van der Waals surface area (Å²) in [6, 6.07) is 5.06. The first kappa shape index (κ1) is 22.7. The van der Waals surface area contributed by atoms with Crippen LogP contribution in [0.1, 0.15) is 17.7 Å². The summed E-state index contributed by atoms with van der Waals surface area (Å²) in [6.07, 6.45) is -3.46. The first-order valence-corrected chi connectivity index (χ1v) is 8.36. The molecule has 0 spiro atoms. The molecule has 1 amide bonds. The summed E-state index contributed by atoms with van der Waals surface area (Å²) in [5.74, 6) is -0.0520. The molecule has 4 nitrogen and oxygen atoms in total. The number of aromatic nitrogens is 1. The van der Waals surface area contributed by atoms with Gasteiger partial charge in [0.15, 0.2) is 0 Å². The molecule has 0 aliphatic carbocycles. The van der Waals surface area contributed by atoms with Crippen molar-refractivity contribution in [2.75, 3.05) is 13.1 Å². The number of alkyl halides is 3. The van der Waals surface area contributed by atoms with E-state index in [1.54, 1.807) is 16.3 Å². The number of halogens is 5. The third kappa shape index (κ3) is 5.33. The number of amides is 1. The zero-order valence-corrected chi connectivity index (χ0v) is 16.0. The van der Waals surface area contributed by atoms with Gasteiger partial charge < -0.3 is 10.6 Å². The molecule has 1 saturated heterocycles. The highest BCUT2D eigenvalue weighted by atomic mass is 35.5. The number of thiazole rings is 1. The molecule has 2 heterocycles. The van der Waals surface area contributed by atoms with Gasteiger partial charge in [-0.1, -0.05) is 12.1 Å². The third-order valence-corrected chi connectivity index (χ3v) is 4.84. The van der Waals surface area contributed by atoms with Crippen molar-refractivity contribution in [1.29, 1.82) is 0 Å². The second kappa shape index (κ2) is 9.03. The fourth-order valence-electron chi connectivity index (χ4n) is 2.63. The molecular formula is C16H18Cl2F3N3OS. The SMILES string of the molecule is Cl.Cl.N[C@@H]1CCN(C(=O)Cc2csc(-c3cccc(C(F)(F)F)c3)n2)C1. The first-order valence-electron chi connectivity index (χ1n) is 7.48. The molecule has 2 N–H and O–H groups in total. The Balaban J connectivity index is 0.00000169. The summed E-state index contributed by atoms with van der Waals surface area (Å²) in [7, 11) is 0. The molecule has 10 heteroatoms. The molecule has 1 atom stereocenters. The fraction of sp³-hybridized carbons (Fsp3) is 0.375. The van der Waals surface area contributed by atoms with Crippen molar-refractivity contribution in [3.05, 3.63) is 40.9 Å². The molecule has 2 aromatic rings. The van der Waals surface area contributed by atoms with Crippen LogP contribution < -0.4 is 5.73 Å². The van der Waals surface area contributed by atoms with Crippen LogP contribution in [0.2, 0.25) is 0 Å². The molecule has 26 heavy (non-hydrogen) atoms. The van der Waals surface area contributed by atoms with E-state index in [-0.39, 0.29) is 43.2 Å². The largest absolute Gasteiger partial charge is 0.416 e. The number of hydrogen-bond acceptors (Lipinski definition) is 4. The molecule has 1 aromatic carbocycles. The number of likely N-dealkylation sites (tertiary alicyclic amines) is 1. The zero-order chi connectivity index (χ0) is 17.3. The Labute approximate surface area is 165 Å². The van der Waals surface area contributed by atoms with E-state index in [1.807, 2.05) is 0 Å². The Morgan fingerprint density at radius 3 is 2.69 bits per heavy atom. The number of rotatable bonds is 3. The van der Waals surface area contributed by atoms with Gasteiger partial charge in [-0.2, -0.15) is 13.2 Å². The molecule has 0 radical (unpaired) electrons. The van der Waals surface area contributed by atoms with Crippen molar-refractivity contribution in [3.63, 3.8) is 0 Å². The zero-order valence-electron chi connectivity index (χ0n) is 13.5. The Hall–Kier alpha value is -1.35. The molecular weight excluding hydrogens is 410 g/mol. The van der Waals surface area contributed by atoms with Crippen molar-refractivity contribution in [3.8, 4) is 10.6 Å². The quantitative estimate of drug-likeness (QED) is 0.810. The minimum atomic E-state index is -4.39. The summed E-state index contributed by atoms with van der Waals surface area (Å²) >= 11 is 1.23. The van der Waals surface area contributed by atoms with Gasteiger partial charge in [0.25, 0.3) is 0 Å². The van der Waals surface area contributed by atoms with Crippen molar-refractivity contribution in [1.82, 2.24) is 9.88 Å². The van der Waals surface area contributed by atoms with Crippen molar-refractivity contribution in [2.45, 2.75) is 25.1 Å². The monoisotopic (exact) mass is 427 g/mol. The average molecular weight is 428 g/mol. The van der Waals surface area contributed by atoms with Crippen LogP contribution >= 0.6 is 36.2 Å². The number of nitrogens with two attached hydrogens (primary N) is 1. The summed E-state index contributed by atoms with van der Waals surface area (Å²) in [4.78, 5) is 18.2. The second-order valence-corrected chi connectivity index (χ2v) is 6.65. The van der Waals surface area contributed by atoms with E-state index in [1.165, 1.54) is 17.4 Å². The predicted octanol–water partition coefficient (Wildman–Crippen LogP) is 3.77. The average Bonchev–Trinajstić information content (AvgIpc) is 3.16.